The van der Waals surface area contributed by atoms with Gasteiger partial charge in [-0.2, -0.15) is 5.10 Å². The first-order valence-electron chi connectivity index (χ1n) is 7.30. The van der Waals surface area contributed by atoms with Crippen LogP contribution in [-0.4, -0.2) is 64.3 Å². The number of nitrogens with two attached hydrogens (primary N) is 1. The molecule has 2 heterocycles. The van der Waals surface area contributed by atoms with E-state index in [0.717, 1.165) is 38.3 Å². The van der Waals surface area contributed by atoms with Gasteiger partial charge in [-0.3, -0.25) is 14.4 Å². The summed E-state index contributed by atoms with van der Waals surface area (Å²) >= 11 is 0. The Kier molecular flexibility index (Phi) is 4.77. The third-order valence-electron chi connectivity index (χ3n) is 4.11. The maximum absolute atomic E-state index is 12.5. The number of carbonyl (C=O) groups is 1. The Morgan fingerprint density at radius 2 is 2.05 bits per heavy atom. The highest BCUT2D eigenvalue weighted by atomic mass is 16.2. The van der Waals surface area contributed by atoms with Crippen molar-refractivity contribution in [2.24, 2.45) is 12.8 Å². The highest BCUT2D eigenvalue weighted by Crippen LogP contribution is 2.13. The van der Waals surface area contributed by atoms with Crippen molar-refractivity contribution in [2.75, 3.05) is 32.7 Å². The number of carbonyl (C=O) groups excluding carboxylic acids is 1. The van der Waals surface area contributed by atoms with Crippen LogP contribution in [0.3, 0.4) is 0 Å². The second kappa shape index (κ2) is 6.37. The molecule has 6 heteroatoms. The molecule has 1 saturated heterocycles. The fourth-order valence-corrected chi connectivity index (χ4v) is 2.84. The molecule has 1 atom stereocenters. The van der Waals surface area contributed by atoms with Crippen molar-refractivity contribution in [1.29, 1.82) is 0 Å². The lowest BCUT2D eigenvalue weighted by atomic mass is 10.1. The van der Waals surface area contributed by atoms with Gasteiger partial charge in [0.2, 0.25) is 0 Å². The van der Waals surface area contributed by atoms with Gasteiger partial charge in [0.15, 0.2) is 0 Å². The van der Waals surface area contributed by atoms with Gasteiger partial charge in [0.1, 0.15) is 0 Å². The Labute approximate surface area is 120 Å². The van der Waals surface area contributed by atoms with Gasteiger partial charge in [0, 0.05) is 52.0 Å². The summed E-state index contributed by atoms with van der Waals surface area (Å²) in [6.45, 7) is 8.07. The predicted octanol–water partition coefficient (Wildman–Crippen LogP) is 0.224. The number of aromatic nitrogens is 2. The Hall–Kier alpha value is -1.40. The largest absolute Gasteiger partial charge is 0.336 e. The van der Waals surface area contributed by atoms with Crippen LogP contribution in [-0.2, 0) is 7.05 Å². The molecule has 1 unspecified atom stereocenters. The van der Waals surface area contributed by atoms with Crippen molar-refractivity contribution in [1.82, 2.24) is 19.6 Å². The molecule has 112 valence electrons. The number of nitrogens with zero attached hydrogens (tertiary/aromatic N) is 4. The van der Waals surface area contributed by atoms with E-state index in [1.54, 1.807) is 10.9 Å². The Bertz CT molecular complexity index is 458. The van der Waals surface area contributed by atoms with Gasteiger partial charge in [0.25, 0.3) is 5.91 Å². The van der Waals surface area contributed by atoms with Gasteiger partial charge < -0.3 is 10.6 Å². The second-order valence-corrected chi connectivity index (χ2v) is 5.43. The van der Waals surface area contributed by atoms with Gasteiger partial charge in [-0.05, 0) is 13.3 Å². The summed E-state index contributed by atoms with van der Waals surface area (Å²) in [5.74, 6) is 0.0936. The normalized spacial score (nSPS) is 18.3. The Balaban J connectivity index is 1.97. The monoisotopic (exact) mass is 279 g/mol. The smallest absolute Gasteiger partial charge is 0.257 e. The molecule has 0 aliphatic carbocycles. The van der Waals surface area contributed by atoms with E-state index in [1.807, 2.05) is 18.9 Å². The van der Waals surface area contributed by atoms with Crippen LogP contribution in [0.4, 0.5) is 0 Å². The molecular formula is C14H25N5O. The topological polar surface area (TPSA) is 67.4 Å². The summed E-state index contributed by atoms with van der Waals surface area (Å²) in [6.07, 6.45) is 2.87. The van der Waals surface area contributed by atoms with Crippen molar-refractivity contribution in [2.45, 2.75) is 26.3 Å². The van der Waals surface area contributed by atoms with Crippen LogP contribution in [0.5, 0.6) is 0 Å². The minimum absolute atomic E-state index is 0.0936. The van der Waals surface area contributed by atoms with Crippen LogP contribution >= 0.6 is 0 Å². The van der Waals surface area contributed by atoms with E-state index in [0.29, 0.717) is 18.2 Å². The van der Waals surface area contributed by atoms with Gasteiger partial charge in [-0.15, -0.1) is 0 Å². The molecule has 1 fully saturated rings. The first-order chi connectivity index (χ1) is 9.56. The Morgan fingerprint density at radius 1 is 1.40 bits per heavy atom. The minimum atomic E-state index is 0.0936. The summed E-state index contributed by atoms with van der Waals surface area (Å²) in [5, 5.41) is 4.24. The molecule has 1 aromatic heterocycles. The number of amides is 1. The van der Waals surface area contributed by atoms with E-state index in [-0.39, 0.29) is 5.91 Å². The number of rotatable bonds is 4. The van der Waals surface area contributed by atoms with E-state index in [9.17, 15) is 4.79 Å². The van der Waals surface area contributed by atoms with Gasteiger partial charge in [-0.1, -0.05) is 6.92 Å². The van der Waals surface area contributed by atoms with Crippen molar-refractivity contribution in [3.05, 3.63) is 17.5 Å². The number of hydrogen-bond donors (Lipinski definition) is 1. The fourth-order valence-electron chi connectivity index (χ4n) is 2.84. The van der Waals surface area contributed by atoms with Crippen LogP contribution in [0.15, 0.2) is 6.20 Å². The molecule has 2 N–H and O–H groups in total. The van der Waals surface area contributed by atoms with Gasteiger partial charge >= 0.3 is 0 Å². The van der Waals surface area contributed by atoms with Gasteiger partial charge in [-0.25, -0.2) is 0 Å². The zero-order valence-electron chi connectivity index (χ0n) is 12.7. The molecule has 1 aromatic rings. The molecule has 1 aliphatic heterocycles. The average Bonchev–Trinajstić information content (AvgIpc) is 2.79. The maximum Gasteiger partial charge on any atom is 0.257 e. The third-order valence-corrected chi connectivity index (χ3v) is 4.11. The molecule has 1 amide bonds. The zero-order chi connectivity index (χ0) is 14.7. The lowest BCUT2D eigenvalue weighted by Gasteiger charge is -2.38. The van der Waals surface area contributed by atoms with Crippen molar-refractivity contribution in [3.8, 4) is 0 Å². The highest BCUT2D eigenvalue weighted by molar-refractivity contribution is 5.95. The maximum atomic E-state index is 12.5. The van der Waals surface area contributed by atoms with Crippen molar-refractivity contribution in [3.63, 3.8) is 0 Å². The van der Waals surface area contributed by atoms with Crippen LogP contribution in [0.2, 0.25) is 0 Å². The van der Waals surface area contributed by atoms with Crippen LogP contribution in [0.1, 0.15) is 29.4 Å². The zero-order valence-corrected chi connectivity index (χ0v) is 12.7. The van der Waals surface area contributed by atoms with E-state index in [1.165, 1.54) is 0 Å². The molecule has 6 nitrogen and oxygen atoms in total. The number of piperazine rings is 1. The van der Waals surface area contributed by atoms with Crippen LogP contribution < -0.4 is 5.73 Å². The quantitative estimate of drug-likeness (QED) is 0.856. The Morgan fingerprint density at radius 3 is 2.50 bits per heavy atom. The molecular weight excluding hydrogens is 254 g/mol. The first-order valence-corrected chi connectivity index (χ1v) is 7.30. The molecule has 0 aromatic carbocycles. The molecule has 0 bridgehead atoms. The van der Waals surface area contributed by atoms with Crippen LogP contribution in [0, 0.1) is 6.92 Å². The van der Waals surface area contributed by atoms with E-state index >= 15 is 0 Å². The molecule has 0 radical (unpaired) electrons. The molecule has 0 spiro atoms. The first kappa shape index (κ1) is 15.0. The fraction of sp³-hybridized carbons (Fsp3) is 0.714. The summed E-state index contributed by atoms with van der Waals surface area (Å²) in [7, 11) is 1.84. The standard InChI is InChI=1S/C14H25N5O/c1-4-12(9-15)18-5-7-19(8-6-18)14(20)13-10-17(3)16-11(13)2/h10,12H,4-9,15H2,1-3H3. The van der Waals surface area contributed by atoms with Gasteiger partial charge in [0.05, 0.1) is 11.3 Å². The summed E-state index contributed by atoms with van der Waals surface area (Å²) in [4.78, 5) is 16.8. The lowest BCUT2D eigenvalue weighted by Crippen LogP contribution is -2.53. The van der Waals surface area contributed by atoms with Crippen molar-refractivity contribution < 1.29 is 4.79 Å². The third kappa shape index (κ3) is 3.02. The average molecular weight is 279 g/mol. The second-order valence-electron chi connectivity index (χ2n) is 5.43. The SMILES string of the molecule is CCC(CN)N1CCN(C(=O)c2cn(C)nc2C)CC1. The molecule has 1 aliphatic rings. The molecule has 2 rings (SSSR count). The van der Waals surface area contributed by atoms with E-state index in [2.05, 4.69) is 16.9 Å². The van der Waals surface area contributed by atoms with Crippen molar-refractivity contribution >= 4 is 5.91 Å². The minimum Gasteiger partial charge on any atom is -0.336 e. The highest BCUT2D eigenvalue weighted by Gasteiger charge is 2.26. The number of hydrogen-bond acceptors (Lipinski definition) is 4. The van der Waals surface area contributed by atoms with E-state index < -0.39 is 0 Å². The molecule has 0 saturated carbocycles. The lowest BCUT2D eigenvalue weighted by molar-refractivity contribution is 0.0571. The molecule has 20 heavy (non-hydrogen) atoms. The summed E-state index contributed by atoms with van der Waals surface area (Å²) in [6, 6.07) is 0.437. The van der Waals surface area contributed by atoms with E-state index in [4.69, 9.17) is 5.73 Å². The summed E-state index contributed by atoms with van der Waals surface area (Å²) < 4.78 is 1.69. The predicted molar refractivity (Wildman–Crippen MR) is 78.6 cm³/mol. The van der Waals surface area contributed by atoms with Crippen LogP contribution in [0.25, 0.3) is 0 Å². The number of aryl methyl sites for hydroxylation is 2. The summed E-state index contributed by atoms with van der Waals surface area (Å²) in [5.41, 5.74) is 7.30.